The minimum atomic E-state index is 0.876. The van der Waals surface area contributed by atoms with Crippen LogP contribution in [0.1, 0.15) is 59.8 Å². The van der Waals surface area contributed by atoms with E-state index in [-0.39, 0.29) is 0 Å². The van der Waals surface area contributed by atoms with Gasteiger partial charge in [0.15, 0.2) is 0 Å². The Bertz CT molecular complexity index is 118. The standard InChI is InChI=1S/C10H21N.C3H8/c1-4-9(2)8-11(3)10-6-5-7-10;1-3-2/h9-10H,4-8H2,1-3H3;3H2,1-2H3/t9-;/m1./s1. The Kier molecular flexibility index (Phi) is 8.26. The van der Waals surface area contributed by atoms with Crippen LogP contribution >= 0.6 is 0 Å². The minimum Gasteiger partial charge on any atom is -0.303 e. The molecule has 1 nitrogen and oxygen atoms in total. The maximum Gasteiger partial charge on any atom is 0.00923 e. The van der Waals surface area contributed by atoms with Gasteiger partial charge in [-0.3, -0.25) is 0 Å². The van der Waals surface area contributed by atoms with Crippen LogP contribution in [0.15, 0.2) is 0 Å². The van der Waals surface area contributed by atoms with E-state index in [2.05, 4.69) is 39.6 Å². The van der Waals surface area contributed by atoms with Crippen molar-refractivity contribution in [3.63, 3.8) is 0 Å². The van der Waals surface area contributed by atoms with E-state index < -0.39 is 0 Å². The van der Waals surface area contributed by atoms with Gasteiger partial charge in [-0.1, -0.05) is 47.0 Å². The molecule has 1 rings (SSSR count). The van der Waals surface area contributed by atoms with Crippen molar-refractivity contribution in [1.82, 2.24) is 4.90 Å². The Balaban J connectivity index is 0.000000500. The zero-order valence-electron chi connectivity index (χ0n) is 10.8. The summed E-state index contributed by atoms with van der Waals surface area (Å²) in [6.07, 6.45) is 6.90. The first-order chi connectivity index (χ1) is 6.65. The Morgan fingerprint density at radius 1 is 1.21 bits per heavy atom. The zero-order chi connectivity index (χ0) is 11.0. The molecule has 1 fully saturated rings. The number of hydrogen-bond acceptors (Lipinski definition) is 1. The Hall–Kier alpha value is -0.0400. The molecule has 0 aromatic carbocycles. The summed E-state index contributed by atoms with van der Waals surface area (Å²) < 4.78 is 0. The molecule has 0 aromatic rings. The second kappa shape index (κ2) is 8.28. The molecule has 86 valence electrons. The second-order valence-electron chi connectivity index (χ2n) is 4.74. The van der Waals surface area contributed by atoms with E-state index in [1.165, 1.54) is 38.6 Å². The molecule has 1 atom stereocenters. The molecule has 0 aliphatic heterocycles. The van der Waals surface area contributed by atoms with Crippen molar-refractivity contribution in [3.05, 3.63) is 0 Å². The predicted molar refractivity (Wildman–Crippen MR) is 65.7 cm³/mol. The van der Waals surface area contributed by atoms with Crippen LogP contribution in [0.4, 0.5) is 0 Å². The first-order valence-electron chi connectivity index (χ1n) is 6.35. The SMILES string of the molecule is CCC.CC[C@@H](C)CN(C)C1CCC1. The fourth-order valence-electron chi connectivity index (χ4n) is 1.60. The molecule has 0 N–H and O–H groups in total. The van der Waals surface area contributed by atoms with Gasteiger partial charge in [0.25, 0.3) is 0 Å². The average molecular weight is 199 g/mol. The van der Waals surface area contributed by atoms with E-state index in [0.717, 1.165) is 12.0 Å². The normalized spacial score (nSPS) is 18.4. The monoisotopic (exact) mass is 199 g/mol. The lowest BCUT2D eigenvalue weighted by Gasteiger charge is -2.36. The van der Waals surface area contributed by atoms with Gasteiger partial charge in [0.05, 0.1) is 0 Å². The first-order valence-corrected chi connectivity index (χ1v) is 6.35. The van der Waals surface area contributed by atoms with Gasteiger partial charge < -0.3 is 4.90 Å². The third-order valence-corrected chi connectivity index (χ3v) is 2.99. The molecule has 0 aromatic heterocycles. The lowest BCUT2D eigenvalue weighted by molar-refractivity contribution is 0.140. The van der Waals surface area contributed by atoms with E-state index in [1.807, 2.05) is 0 Å². The summed E-state index contributed by atoms with van der Waals surface area (Å²) >= 11 is 0. The molecule has 0 spiro atoms. The molecule has 0 bridgehead atoms. The summed E-state index contributed by atoms with van der Waals surface area (Å²) in [6, 6.07) is 0.920. The molecule has 14 heavy (non-hydrogen) atoms. The molecule has 1 aliphatic carbocycles. The van der Waals surface area contributed by atoms with Gasteiger partial charge in [0.2, 0.25) is 0 Å². The van der Waals surface area contributed by atoms with Crippen molar-refractivity contribution in [2.75, 3.05) is 13.6 Å². The predicted octanol–water partition coefficient (Wildman–Crippen LogP) is 3.93. The van der Waals surface area contributed by atoms with E-state index in [4.69, 9.17) is 0 Å². The smallest absolute Gasteiger partial charge is 0.00923 e. The van der Waals surface area contributed by atoms with E-state index in [1.54, 1.807) is 0 Å². The highest BCUT2D eigenvalue weighted by Crippen LogP contribution is 2.24. The van der Waals surface area contributed by atoms with Crippen LogP contribution in [0.5, 0.6) is 0 Å². The lowest BCUT2D eigenvalue weighted by atomic mass is 9.91. The van der Waals surface area contributed by atoms with Crippen LogP contribution in [0, 0.1) is 5.92 Å². The van der Waals surface area contributed by atoms with Crippen molar-refractivity contribution >= 4 is 0 Å². The van der Waals surface area contributed by atoms with Crippen LogP contribution in [0.2, 0.25) is 0 Å². The highest BCUT2D eigenvalue weighted by Gasteiger charge is 2.22. The van der Waals surface area contributed by atoms with Crippen molar-refractivity contribution in [2.45, 2.75) is 65.8 Å². The summed E-state index contributed by atoms with van der Waals surface area (Å²) in [6.45, 7) is 10.2. The molecular weight excluding hydrogens is 170 g/mol. The van der Waals surface area contributed by atoms with Crippen molar-refractivity contribution < 1.29 is 0 Å². The summed E-state index contributed by atoms with van der Waals surface area (Å²) in [5, 5.41) is 0. The van der Waals surface area contributed by atoms with Gasteiger partial charge >= 0.3 is 0 Å². The van der Waals surface area contributed by atoms with Gasteiger partial charge in [0.1, 0.15) is 0 Å². The van der Waals surface area contributed by atoms with Crippen LogP contribution < -0.4 is 0 Å². The highest BCUT2D eigenvalue weighted by atomic mass is 15.1. The maximum atomic E-state index is 2.54. The largest absolute Gasteiger partial charge is 0.303 e. The molecule has 0 radical (unpaired) electrons. The zero-order valence-corrected chi connectivity index (χ0v) is 10.8. The van der Waals surface area contributed by atoms with Crippen molar-refractivity contribution in [2.24, 2.45) is 5.92 Å². The first kappa shape index (κ1) is 14.0. The van der Waals surface area contributed by atoms with Crippen LogP contribution in [-0.2, 0) is 0 Å². The summed E-state index contributed by atoms with van der Waals surface area (Å²) in [5.74, 6) is 0.876. The minimum absolute atomic E-state index is 0.876. The molecule has 0 amide bonds. The summed E-state index contributed by atoms with van der Waals surface area (Å²) in [7, 11) is 2.27. The van der Waals surface area contributed by atoms with Crippen LogP contribution in [0.3, 0.4) is 0 Å². The number of rotatable bonds is 4. The maximum absolute atomic E-state index is 2.54. The Labute approximate surface area is 90.9 Å². The van der Waals surface area contributed by atoms with Crippen molar-refractivity contribution in [3.8, 4) is 0 Å². The third kappa shape index (κ3) is 5.64. The molecular formula is C13H29N. The number of hydrogen-bond donors (Lipinski definition) is 0. The van der Waals surface area contributed by atoms with Gasteiger partial charge in [-0.05, 0) is 25.8 Å². The van der Waals surface area contributed by atoms with Gasteiger partial charge in [-0.2, -0.15) is 0 Å². The fraction of sp³-hybridized carbons (Fsp3) is 1.00. The topological polar surface area (TPSA) is 3.24 Å². The summed E-state index contributed by atoms with van der Waals surface area (Å²) in [4.78, 5) is 2.54. The lowest BCUT2D eigenvalue weighted by Crippen LogP contribution is -2.39. The number of nitrogens with zero attached hydrogens (tertiary/aromatic N) is 1. The summed E-state index contributed by atoms with van der Waals surface area (Å²) in [5.41, 5.74) is 0. The average Bonchev–Trinajstić information content (AvgIpc) is 2.02. The third-order valence-electron chi connectivity index (χ3n) is 2.99. The van der Waals surface area contributed by atoms with E-state index in [9.17, 15) is 0 Å². The Morgan fingerprint density at radius 2 is 1.71 bits per heavy atom. The molecule has 1 aliphatic rings. The molecule has 0 saturated heterocycles. The van der Waals surface area contributed by atoms with Crippen molar-refractivity contribution in [1.29, 1.82) is 0 Å². The molecule has 1 saturated carbocycles. The quantitative estimate of drug-likeness (QED) is 0.663. The molecule has 0 heterocycles. The fourth-order valence-corrected chi connectivity index (χ4v) is 1.60. The molecule has 1 heteroatoms. The van der Waals surface area contributed by atoms with E-state index >= 15 is 0 Å². The van der Waals surface area contributed by atoms with Gasteiger partial charge in [-0.15, -0.1) is 0 Å². The molecule has 0 unspecified atom stereocenters. The van der Waals surface area contributed by atoms with Gasteiger partial charge in [0, 0.05) is 12.6 Å². The Morgan fingerprint density at radius 3 is 2.00 bits per heavy atom. The van der Waals surface area contributed by atoms with Crippen LogP contribution in [0.25, 0.3) is 0 Å². The van der Waals surface area contributed by atoms with Gasteiger partial charge in [-0.25, -0.2) is 0 Å². The van der Waals surface area contributed by atoms with Crippen LogP contribution in [-0.4, -0.2) is 24.5 Å². The highest BCUT2D eigenvalue weighted by molar-refractivity contribution is 4.78. The van der Waals surface area contributed by atoms with E-state index in [0.29, 0.717) is 0 Å². The second-order valence-corrected chi connectivity index (χ2v) is 4.74.